The zero-order valence-electron chi connectivity index (χ0n) is 19.0. The average molecular weight is 455 g/mol. The van der Waals surface area contributed by atoms with Gasteiger partial charge in [-0.25, -0.2) is 14.6 Å². The van der Waals surface area contributed by atoms with Crippen molar-refractivity contribution in [2.75, 3.05) is 38.2 Å². The van der Waals surface area contributed by atoms with Crippen LogP contribution in [-0.4, -0.2) is 63.8 Å². The summed E-state index contributed by atoms with van der Waals surface area (Å²) in [7, 11) is 1.64. The van der Waals surface area contributed by atoms with Crippen molar-refractivity contribution in [3.8, 4) is 28.5 Å². The van der Waals surface area contributed by atoms with E-state index in [0.29, 0.717) is 24.7 Å². The predicted molar refractivity (Wildman–Crippen MR) is 130 cm³/mol. The highest BCUT2D eigenvalue weighted by molar-refractivity contribution is 5.77. The number of pyridine rings is 1. The van der Waals surface area contributed by atoms with Gasteiger partial charge in [-0.15, -0.1) is 5.10 Å². The van der Waals surface area contributed by atoms with Gasteiger partial charge in [0.2, 0.25) is 5.91 Å². The first kappa shape index (κ1) is 21.6. The largest absolute Gasteiger partial charge is 0.497 e. The van der Waals surface area contributed by atoms with Gasteiger partial charge in [-0.2, -0.15) is 0 Å². The van der Waals surface area contributed by atoms with Crippen LogP contribution in [0.5, 0.6) is 5.75 Å². The zero-order chi connectivity index (χ0) is 23.3. The number of ether oxygens (including phenoxy) is 1. The molecule has 5 rings (SSSR count). The van der Waals surface area contributed by atoms with Gasteiger partial charge >= 0.3 is 0 Å². The highest BCUT2D eigenvalue weighted by Crippen LogP contribution is 2.24. The number of hydrogen-bond acceptors (Lipinski definition) is 6. The van der Waals surface area contributed by atoms with Crippen LogP contribution in [0.1, 0.15) is 0 Å². The molecule has 8 nitrogen and oxygen atoms in total. The molecule has 0 bridgehead atoms. The monoisotopic (exact) mass is 454 g/mol. The third kappa shape index (κ3) is 4.61. The second-order valence-corrected chi connectivity index (χ2v) is 8.07. The number of hydrogen-bond donors (Lipinski definition) is 0. The van der Waals surface area contributed by atoms with Crippen molar-refractivity contribution < 1.29 is 9.53 Å². The van der Waals surface area contributed by atoms with Crippen molar-refractivity contribution in [2.24, 2.45) is 0 Å². The van der Waals surface area contributed by atoms with E-state index in [0.717, 1.165) is 35.8 Å². The fraction of sp³-hybridized carbons (Fsp3) is 0.231. The maximum atomic E-state index is 13.2. The Morgan fingerprint density at radius 2 is 1.62 bits per heavy atom. The van der Waals surface area contributed by atoms with Crippen molar-refractivity contribution in [1.82, 2.24) is 24.6 Å². The van der Waals surface area contributed by atoms with Crippen LogP contribution in [0.25, 0.3) is 22.8 Å². The standard InChI is InChI=1S/C26H26N6O2/c1-34-22-12-10-20(11-13-22)25-28-26(21-7-3-2-4-8-21)32(29-25)19-24(33)31-17-15-30(16-18-31)23-9-5-6-14-27-23/h2-14H,15-19H2,1H3. The van der Waals surface area contributed by atoms with E-state index in [2.05, 4.69) is 9.88 Å². The van der Waals surface area contributed by atoms with Crippen molar-refractivity contribution in [1.29, 1.82) is 0 Å². The Morgan fingerprint density at radius 3 is 2.29 bits per heavy atom. The minimum absolute atomic E-state index is 0.0315. The molecule has 1 aliphatic heterocycles. The van der Waals surface area contributed by atoms with E-state index in [9.17, 15) is 4.79 Å². The van der Waals surface area contributed by atoms with E-state index >= 15 is 0 Å². The van der Waals surface area contributed by atoms with Crippen LogP contribution in [0.2, 0.25) is 0 Å². The molecule has 0 atom stereocenters. The number of piperazine rings is 1. The van der Waals surface area contributed by atoms with Crippen molar-refractivity contribution >= 4 is 11.7 Å². The van der Waals surface area contributed by atoms with E-state index in [1.807, 2.05) is 77.7 Å². The summed E-state index contributed by atoms with van der Waals surface area (Å²) in [4.78, 5) is 26.5. The van der Waals surface area contributed by atoms with Crippen molar-refractivity contribution in [3.63, 3.8) is 0 Å². The van der Waals surface area contributed by atoms with Crippen molar-refractivity contribution in [2.45, 2.75) is 6.54 Å². The molecule has 0 spiro atoms. The number of nitrogens with zero attached hydrogens (tertiary/aromatic N) is 6. The minimum Gasteiger partial charge on any atom is -0.497 e. The number of benzene rings is 2. The molecule has 2 aromatic heterocycles. The molecule has 4 aromatic rings. The fourth-order valence-electron chi connectivity index (χ4n) is 4.07. The van der Waals surface area contributed by atoms with Crippen LogP contribution in [0.3, 0.4) is 0 Å². The summed E-state index contributed by atoms with van der Waals surface area (Å²) in [6, 6.07) is 23.3. The van der Waals surface area contributed by atoms with Crippen LogP contribution in [0.15, 0.2) is 79.0 Å². The summed E-state index contributed by atoms with van der Waals surface area (Å²) in [6.07, 6.45) is 1.79. The highest BCUT2D eigenvalue weighted by Gasteiger charge is 2.24. The fourth-order valence-corrected chi connectivity index (χ4v) is 4.07. The molecule has 2 aromatic carbocycles. The van der Waals surface area contributed by atoms with Gasteiger partial charge in [0, 0.05) is 43.5 Å². The van der Waals surface area contributed by atoms with E-state index in [4.69, 9.17) is 14.8 Å². The zero-order valence-corrected chi connectivity index (χ0v) is 19.0. The second kappa shape index (κ2) is 9.74. The summed E-state index contributed by atoms with van der Waals surface area (Å²) in [5, 5.41) is 4.71. The Labute approximate surface area is 198 Å². The first-order chi connectivity index (χ1) is 16.7. The number of methoxy groups -OCH3 is 1. The Balaban J connectivity index is 1.35. The summed E-state index contributed by atoms with van der Waals surface area (Å²) in [5.74, 6) is 3.00. The molecule has 172 valence electrons. The van der Waals surface area contributed by atoms with E-state index in [1.54, 1.807) is 18.0 Å². The molecule has 1 aliphatic rings. The molecule has 1 amide bonds. The minimum atomic E-state index is 0.0315. The Kier molecular flexibility index (Phi) is 6.20. The van der Waals surface area contributed by atoms with Gasteiger partial charge in [0.25, 0.3) is 0 Å². The highest BCUT2D eigenvalue weighted by atomic mass is 16.5. The SMILES string of the molecule is COc1ccc(-c2nc(-c3ccccc3)n(CC(=O)N3CCN(c4ccccn4)CC3)n2)cc1. The molecule has 0 radical (unpaired) electrons. The molecule has 0 N–H and O–H groups in total. The third-order valence-electron chi connectivity index (χ3n) is 5.94. The molecule has 8 heteroatoms. The molecule has 0 saturated carbocycles. The maximum absolute atomic E-state index is 13.2. The summed E-state index contributed by atoms with van der Waals surface area (Å²) < 4.78 is 6.97. The number of rotatable bonds is 6. The van der Waals surface area contributed by atoms with E-state index in [-0.39, 0.29) is 12.5 Å². The smallest absolute Gasteiger partial charge is 0.244 e. The first-order valence-electron chi connectivity index (χ1n) is 11.3. The summed E-state index contributed by atoms with van der Waals surface area (Å²) in [5.41, 5.74) is 1.79. The van der Waals surface area contributed by atoms with Crippen LogP contribution >= 0.6 is 0 Å². The number of carbonyl (C=O) groups excluding carboxylic acids is 1. The van der Waals surface area contributed by atoms with Gasteiger partial charge in [-0.1, -0.05) is 36.4 Å². The molecule has 0 unspecified atom stereocenters. The molecular weight excluding hydrogens is 428 g/mol. The van der Waals surface area contributed by atoms with Crippen LogP contribution < -0.4 is 9.64 Å². The lowest BCUT2D eigenvalue weighted by Crippen LogP contribution is -2.49. The van der Waals surface area contributed by atoms with Crippen molar-refractivity contribution in [3.05, 3.63) is 79.0 Å². The lowest BCUT2D eigenvalue weighted by molar-refractivity contribution is -0.132. The molecule has 34 heavy (non-hydrogen) atoms. The van der Waals surface area contributed by atoms with Crippen LogP contribution in [0.4, 0.5) is 5.82 Å². The number of anilines is 1. The van der Waals surface area contributed by atoms with Crippen LogP contribution in [-0.2, 0) is 11.3 Å². The summed E-state index contributed by atoms with van der Waals surface area (Å²) in [6.45, 7) is 2.94. The quantitative estimate of drug-likeness (QED) is 0.445. The van der Waals surface area contributed by atoms with Gasteiger partial charge < -0.3 is 14.5 Å². The predicted octanol–water partition coefficient (Wildman–Crippen LogP) is 3.36. The molecule has 1 saturated heterocycles. The maximum Gasteiger partial charge on any atom is 0.244 e. The molecular formula is C26H26N6O2. The Bertz CT molecular complexity index is 1230. The second-order valence-electron chi connectivity index (χ2n) is 8.07. The Hall–Kier alpha value is -4.20. The normalized spacial score (nSPS) is 13.7. The number of carbonyl (C=O) groups is 1. The number of amides is 1. The van der Waals surface area contributed by atoms with Gasteiger partial charge in [-0.3, -0.25) is 4.79 Å². The van der Waals surface area contributed by atoms with Crippen LogP contribution in [0, 0.1) is 0 Å². The van der Waals surface area contributed by atoms with Gasteiger partial charge in [0.05, 0.1) is 7.11 Å². The van der Waals surface area contributed by atoms with E-state index < -0.39 is 0 Å². The van der Waals surface area contributed by atoms with E-state index in [1.165, 1.54) is 0 Å². The topological polar surface area (TPSA) is 76.4 Å². The van der Waals surface area contributed by atoms with Gasteiger partial charge in [0.1, 0.15) is 18.1 Å². The summed E-state index contributed by atoms with van der Waals surface area (Å²) >= 11 is 0. The number of aromatic nitrogens is 4. The first-order valence-corrected chi connectivity index (χ1v) is 11.3. The lowest BCUT2D eigenvalue weighted by atomic mass is 10.2. The molecule has 3 heterocycles. The average Bonchev–Trinajstić information content (AvgIpc) is 3.33. The Morgan fingerprint density at radius 1 is 0.882 bits per heavy atom. The molecule has 1 fully saturated rings. The van der Waals surface area contributed by atoms with Gasteiger partial charge in [-0.05, 0) is 36.4 Å². The third-order valence-corrected chi connectivity index (χ3v) is 5.94. The lowest BCUT2D eigenvalue weighted by Gasteiger charge is -2.35. The van der Waals surface area contributed by atoms with Gasteiger partial charge in [0.15, 0.2) is 11.6 Å². The molecule has 0 aliphatic carbocycles.